The lowest BCUT2D eigenvalue weighted by Crippen LogP contribution is -2.29. The zero-order valence-electron chi connectivity index (χ0n) is 15.6. The Labute approximate surface area is 174 Å². The number of halogens is 1. The van der Waals surface area contributed by atoms with E-state index >= 15 is 0 Å². The number of carbonyl (C=O) groups is 2. The Hall–Kier alpha value is -3.78. The topological polar surface area (TPSA) is 105 Å². The van der Waals surface area contributed by atoms with Crippen LogP contribution in [-0.4, -0.2) is 28.5 Å². The van der Waals surface area contributed by atoms with Crippen LogP contribution >= 0.6 is 11.3 Å². The van der Waals surface area contributed by atoms with Crippen molar-refractivity contribution < 1.29 is 19.1 Å². The fourth-order valence-corrected chi connectivity index (χ4v) is 4.18. The van der Waals surface area contributed by atoms with Crippen LogP contribution in [0.1, 0.15) is 9.67 Å². The van der Waals surface area contributed by atoms with Crippen molar-refractivity contribution >= 4 is 39.1 Å². The second kappa shape index (κ2) is 7.92. The molecule has 2 aromatic carbocycles. The van der Waals surface area contributed by atoms with Gasteiger partial charge in [0.2, 0.25) is 0 Å². The summed E-state index contributed by atoms with van der Waals surface area (Å²) < 4.78 is 13.5. The number of hydrogen-bond donors (Lipinski definition) is 3. The molecule has 0 atom stereocenters. The van der Waals surface area contributed by atoms with Gasteiger partial charge in [-0.2, -0.15) is 0 Å². The maximum atomic E-state index is 13.5. The molecule has 0 spiro atoms. The van der Waals surface area contributed by atoms with Gasteiger partial charge >= 0.3 is 5.97 Å². The van der Waals surface area contributed by atoms with Crippen molar-refractivity contribution in [3.05, 3.63) is 71.4 Å². The molecule has 1 amide bonds. The number of thiophene rings is 1. The number of nitrogens with two attached hydrogens (primary N) is 1. The molecule has 0 aliphatic rings. The standard InChI is InChI=1S/C22H16FN3O3S/c23-14-8-6-12(7-9-14)15-10-16(13-4-2-1-3-5-13)26-22-18(15)19(24)20(30-22)21(29)25-11-17(27)28/h1-10H,11,24H2,(H,25,29)(H,27,28). The van der Waals surface area contributed by atoms with E-state index < -0.39 is 18.4 Å². The van der Waals surface area contributed by atoms with Crippen LogP contribution in [0.2, 0.25) is 0 Å². The molecule has 0 aliphatic carbocycles. The van der Waals surface area contributed by atoms with Crippen LogP contribution in [0.15, 0.2) is 60.7 Å². The van der Waals surface area contributed by atoms with E-state index in [4.69, 9.17) is 10.8 Å². The number of anilines is 1. The summed E-state index contributed by atoms with van der Waals surface area (Å²) in [5.41, 5.74) is 9.50. The Balaban J connectivity index is 1.93. The molecule has 4 aromatic rings. The summed E-state index contributed by atoms with van der Waals surface area (Å²) in [6.07, 6.45) is 0. The van der Waals surface area contributed by atoms with Crippen LogP contribution < -0.4 is 11.1 Å². The Kier molecular flexibility index (Phi) is 5.16. The van der Waals surface area contributed by atoms with Gasteiger partial charge in [0.15, 0.2) is 0 Å². The molecular formula is C22H16FN3O3S. The number of carboxylic acid groups (broad SMARTS) is 1. The van der Waals surface area contributed by atoms with Gasteiger partial charge in [0.05, 0.1) is 11.4 Å². The number of rotatable bonds is 5. The van der Waals surface area contributed by atoms with Crippen molar-refractivity contribution in [2.75, 3.05) is 12.3 Å². The molecule has 0 saturated heterocycles. The van der Waals surface area contributed by atoms with E-state index in [1.807, 2.05) is 36.4 Å². The molecule has 4 N–H and O–H groups in total. The van der Waals surface area contributed by atoms with Crippen molar-refractivity contribution in [1.82, 2.24) is 10.3 Å². The summed E-state index contributed by atoms with van der Waals surface area (Å²) in [5.74, 6) is -2.09. The quantitative estimate of drug-likeness (QED) is 0.449. The zero-order valence-corrected chi connectivity index (χ0v) is 16.4. The average Bonchev–Trinajstić information content (AvgIpc) is 3.09. The predicted molar refractivity (Wildman–Crippen MR) is 115 cm³/mol. The Morgan fingerprint density at radius 2 is 1.77 bits per heavy atom. The molecule has 0 saturated carbocycles. The summed E-state index contributed by atoms with van der Waals surface area (Å²) in [4.78, 5) is 28.6. The third-order valence-electron chi connectivity index (χ3n) is 4.53. The fraction of sp³-hybridized carbons (Fsp3) is 0.0455. The summed E-state index contributed by atoms with van der Waals surface area (Å²) in [6, 6.07) is 17.4. The highest BCUT2D eigenvalue weighted by Crippen LogP contribution is 2.41. The molecule has 0 aliphatic heterocycles. The third kappa shape index (κ3) is 3.72. The number of nitrogens with one attached hydrogen (secondary N) is 1. The first-order valence-electron chi connectivity index (χ1n) is 8.98. The number of carbonyl (C=O) groups excluding carboxylic acids is 1. The largest absolute Gasteiger partial charge is 0.480 e. The normalized spacial score (nSPS) is 10.8. The molecule has 6 nitrogen and oxygen atoms in total. The summed E-state index contributed by atoms with van der Waals surface area (Å²) in [5, 5.41) is 11.7. The van der Waals surface area contributed by atoms with E-state index in [1.54, 1.807) is 12.1 Å². The number of hydrogen-bond acceptors (Lipinski definition) is 5. The summed E-state index contributed by atoms with van der Waals surface area (Å²) >= 11 is 1.09. The molecule has 0 unspecified atom stereocenters. The van der Waals surface area contributed by atoms with Gasteiger partial charge in [0.1, 0.15) is 22.1 Å². The molecule has 4 rings (SSSR count). The van der Waals surface area contributed by atoms with E-state index in [1.165, 1.54) is 12.1 Å². The Bertz CT molecular complexity index is 1250. The summed E-state index contributed by atoms with van der Waals surface area (Å²) in [7, 11) is 0. The fourth-order valence-electron chi connectivity index (χ4n) is 3.14. The number of benzene rings is 2. The van der Waals surface area contributed by atoms with E-state index in [0.717, 1.165) is 22.5 Å². The molecular weight excluding hydrogens is 405 g/mol. The first kappa shape index (κ1) is 19.5. The van der Waals surface area contributed by atoms with Gasteiger partial charge in [-0.15, -0.1) is 11.3 Å². The van der Waals surface area contributed by atoms with Gasteiger partial charge in [-0.05, 0) is 29.3 Å². The first-order chi connectivity index (χ1) is 14.4. The minimum absolute atomic E-state index is 0.187. The van der Waals surface area contributed by atoms with Crippen LogP contribution in [-0.2, 0) is 4.79 Å². The maximum absolute atomic E-state index is 13.5. The number of nitrogen functional groups attached to an aromatic ring is 1. The molecule has 2 aromatic heterocycles. The van der Waals surface area contributed by atoms with Crippen molar-refractivity contribution in [2.24, 2.45) is 0 Å². The Morgan fingerprint density at radius 3 is 2.43 bits per heavy atom. The van der Waals surface area contributed by atoms with Crippen molar-refractivity contribution in [2.45, 2.75) is 0 Å². The zero-order chi connectivity index (χ0) is 21.3. The molecule has 0 radical (unpaired) electrons. The van der Waals surface area contributed by atoms with E-state index in [2.05, 4.69) is 10.3 Å². The average molecular weight is 421 g/mol. The highest BCUT2D eigenvalue weighted by atomic mass is 32.1. The molecule has 2 heterocycles. The maximum Gasteiger partial charge on any atom is 0.322 e. The second-order valence-electron chi connectivity index (χ2n) is 6.53. The monoisotopic (exact) mass is 421 g/mol. The number of nitrogens with zero attached hydrogens (tertiary/aromatic N) is 1. The minimum atomic E-state index is -1.15. The number of pyridine rings is 1. The van der Waals surface area contributed by atoms with Crippen molar-refractivity contribution in [3.63, 3.8) is 0 Å². The molecule has 8 heteroatoms. The predicted octanol–water partition coefficient (Wildman–Crippen LogP) is 4.17. The van der Waals surface area contributed by atoms with Crippen LogP contribution in [0.25, 0.3) is 32.6 Å². The van der Waals surface area contributed by atoms with Gasteiger partial charge < -0.3 is 16.2 Å². The van der Waals surface area contributed by atoms with Crippen LogP contribution in [0.5, 0.6) is 0 Å². The first-order valence-corrected chi connectivity index (χ1v) is 9.80. The summed E-state index contributed by atoms with van der Waals surface area (Å²) in [6.45, 7) is -0.514. The highest BCUT2D eigenvalue weighted by molar-refractivity contribution is 7.21. The number of amides is 1. The van der Waals surface area contributed by atoms with E-state index in [9.17, 15) is 14.0 Å². The highest BCUT2D eigenvalue weighted by Gasteiger charge is 2.22. The van der Waals surface area contributed by atoms with Gasteiger partial charge in [-0.25, -0.2) is 9.37 Å². The number of carboxylic acids is 1. The molecule has 0 bridgehead atoms. The van der Waals surface area contributed by atoms with Crippen LogP contribution in [0.3, 0.4) is 0 Å². The Morgan fingerprint density at radius 1 is 1.07 bits per heavy atom. The van der Waals surface area contributed by atoms with Crippen LogP contribution in [0, 0.1) is 5.82 Å². The molecule has 0 fully saturated rings. The van der Waals surface area contributed by atoms with Crippen molar-refractivity contribution in [3.8, 4) is 22.4 Å². The van der Waals surface area contributed by atoms with Gasteiger partial charge in [-0.1, -0.05) is 42.5 Å². The lowest BCUT2D eigenvalue weighted by molar-refractivity contribution is -0.135. The minimum Gasteiger partial charge on any atom is -0.480 e. The molecule has 150 valence electrons. The lowest BCUT2D eigenvalue weighted by atomic mass is 9.99. The van der Waals surface area contributed by atoms with Gasteiger partial charge in [0.25, 0.3) is 5.91 Å². The number of aliphatic carboxylic acids is 1. The lowest BCUT2D eigenvalue weighted by Gasteiger charge is -2.09. The SMILES string of the molecule is Nc1c(C(=O)NCC(=O)O)sc2nc(-c3ccccc3)cc(-c3ccc(F)cc3)c12. The number of fused-ring (bicyclic) bond motifs is 1. The van der Waals surface area contributed by atoms with Crippen LogP contribution in [0.4, 0.5) is 10.1 Å². The van der Waals surface area contributed by atoms with Gasteiger partial charge in [0, 0.05) is 10.9 Å². The number of aromatic nitrogens is 1. The van der Waals surface area contributed by atoms with Crippen molar-refractivity contribution in [1.29, 1.82) is 0 Å². The third-order valence-corrected chi connectivity index (χ3v) is 5.63. The smallest absolute Gasteiger partial charge is 0.322 e. The second-order valence-corrected chi connectivity index (χ2v) is 7.53. The molecule has 30 heavy (non-hydrogen) atoms. The van der Waals surface area contributed by atoms with Gasteiger partial charge in [-0.3, -0.25) is 9.59 Å². The van der Waals surface area contributed by atoms with E-state index in [-0.39, 0.29) is 16.4 Å². The van der Waals surface area contributed by atoms with E-state index in [0.29, 0.717) is 21.5 Å².